The van der Waals surface area contributed by atoms with Gasteiger partial charge in [0.2, 0.25) is 11.6 Å². The van der Waals surface area contributed by atoms with Crippen LogP contribution in [0.1, 0.15) is 51.0 Å². The van der Waals surface area contributed by atoms with Crippen molar-refractivity contribution in [2.75, 3.05) is 37.7 Å². The molecular weight excluding hydrogens is 408 g/mol. The summed E-state index contributed by atoms with van der Waals surface area (Å²) >= 11 is 0. The second-order valence-electron chi connectivity index (χ2n) is 7.93. The third-order valence-corrected chi connectivity index (χ3v) is 5.78. The highest BCUT2D eigenvalue weighted by molar-refractivity contribution is 5.92. The number of benzene rings is 1. The van der Waals surface area contributed by atoms with Gasteiger partial charge >= 0.3 is 0 Å². The largest absolute Gasteiger partial charge is 0.494 e. The van der Waals surface area contributed by atoms with Crippen molar-refractivity contribution in [1.29, 1.82) is 0 Å². The lowest BCUT2D eigenvalue weighted by molar-refractivity contribution is 0.0928. The third-order valence-electron chi connectivity index (χ3n) is 5.78. The molecule has 9 heteroatoms. The molecule has 1 aromatic carbocycles. The molecule has 0 aliphatic carbocycles. The summed E-state index contributed by atoms with van der Waals surface area (Å²) in [6, 6.07) is 7.57. The fourth-order valence-electron chi connectivity index (χ4n) is 3.91. The smallest absolute Gasteiger partial charge is 0.286 e. The Labute approximate surface area is 189 Å². The Morgan fingerprint density at radius 3 is 2.53 bits per heavy atom. The molecule has 0 saturated heterocycles. The number of hydrogen-bond acceptors (Lipinski definition) is 7. The van der Waals surface area contributed by atoms with Gasteiger partial charge in [-0.2, -0.15) is 0 Å². The van der Waals surface area contributed by atoms with Crippen molar-refractivity contribution in [2.45, 2.75) is 53.1 Å². The molecule has 9 nitrogen and oxygen atoms in total. The molecule has 1 atom stereocenters. The van der Waals surface area contributed by atoms with Crippen molar-refractivity contribution in [3.8, 4) is 5.75 Å². The van der Waals surface area contributed by atoms with Crippen molar-refractivity contribution in [1.82, 2.24) is 25.0 Å². The number of fused-ring (bicyclic) bond motifs is 1. The number of amides is 1. The number of anilines is 2. The van der Waals surface area contributed by atoms with E-state index in [1.807, 2.05) is 43.0 Å². The van der Waals surface area contributed by atoms with Gasteiger partial charge in [-0.15, -0.1) is 10.2 Å². The molecule has 0 fully saturated rings. The van der Waals surface area contributed by atoms with E-state index in [2.05, 4.69) is 34.3 Å². The Morgan fingerprint density at radius 1 is 1.16 bits per heavy atom. The second kappa shape index (κ2) is 11.1. The Balaban J connectivity index is 1.65. The van der Waals surface area contributed by atoms with Gasteiger partial charge in [0.05, 0.1) is 6.61 Å². The lowest BCUT2D eigenvalue weighted by atomic mass is 10.1. The van der Waals surface area contributed by atoms with Crippen LogP contribution < -0.4 is 20.5 Å². The highest BCUT2D eigenvalue weighted by Crippen LogP contribution is 2.28. The Bertz CT molecular complexity index is 955. The topological polar surface area (TPSA) is 92.6 Å². The number of ether oxygens (including phenoxy) is 1. The predicted octanol–water partition coefficient (Wildman–Crippen LogP) is 2.43. The van der Waals surface area contributed by atoms with Crippen molar-refractivity contribution >= 4 is 17.5 Å². The van der Waals surface area contributed by atoms with Crippen molar-refractivity contribution in [3.63, 3.8) is 0 Å². The minimum absolute atomic E-state index is 0.0436. The first-order valence-electron chi connectivity index (χ1n) is 11.5. The summed E-state index contributed by atoms with van der Waals surface area (Å²) in [7, 11) is 0. The molecule has 1 aliphatic heterocycles. The van der Waals surface area contributed by atoms with Gasteiger partial charge in [0, 0.05) is 24.8 Å². The second-order valence-corrected chi connectivity index (χ2v) is 7.93. The maximum absolute atomic E-state index is 12.9. The van der Waals surface area contributed by atoms with Gasteiger partial charge in [-0.1, -0.05) is 13.8 Å². The summed E-state index contributed by atoms with van der Waals surface area (Å²) in [5, 5.41) is 11.1. The first-order chi connectivity index (χ1) is 15.5. The average molecular weight is 443 g/mol. The third kappa shape index (κ3) is 5.45. The molecule has 2 aromatic rings. The van der Waals surface area contributed by atoms with Crippen molar-refractivity contribution in [2.24, 2.45) is 0 Å². The van der Waals surface area contributed by atoms with Gasteiger partial charge in [0.1, 0.15) is 5.75 Å². The number of nitrogens with one attached hydrogen (secondary N) is 1. The van der Waals surface area contributed by atoms with Gasteiger partial charge in [-0.25, -0.2) is 0 Å². The normalized spacial score (nSPS) is 13.8. The summed E-state index contributed by atoms with van der Waals surface area (Å²) in [5.74, 6) is 0.771. The van der Waals surface area contributed by atoms with Crippen LogP contribution in [-0.2, 0) is 6.54 Å². The quantitative estimate of drug-likeness (QED) is 0.571. The van der Waals surface area contributed by atoms with E-state index in [-0.39, 0.29) is 11.7 Å². The molecule has 1 aliphatic rings. The number of rotatable bonds is 11. The summed E-state index contributed by atoms with van der Waals surface area (Å²) in [6.07, 6.45) is 1.82. The van der Waals surface area contributed by atoms with Gasteiger partial charge in [0.15, 0.2) is 0 Å². The van der Waals surface area contributed by atoms with E-state index in [4.69, 9.17) is 4.74 Å². The SMILES string of the molecule is CCOc1ccc(N2CCn3c2nnc(C(=O)N[C@@H](C)CCCN(CC)CC)c3=O)cc1. The molecule has 0 saturated carbocycles. The van der Waals surface area contributed by atoms with Crippen molar-refractivity contribution in [3.05, 3.63) is 40.3 Å². The number of carbonyl (C=O) groups excluding carboxylic acids is 1. The predicted molar refractivity (Wildman–Crippen MR) is 125 cm³/mol. The van der Waals surface area contributed by atoms with Gasteiger partial charge in [-0.05, 0) is 70.6 Å². The van der Waals surface area contributed by atoms with E-state index < -0.39 is 11.5 Å². The van der Waals surface area contributed by atoms with Gasteiger partial charge < -0.3 is 19.9 Å². The summed E-state index contributed by atoms with van der Waals surface area (Å²) in [6.45, 7) is 12.9. The lowest BCUT2D eigenvalue weighted by Crippen LogP contribution is -2.39. The molecule has 1 amide bonds. The molecule has 32 heavy (non-hydrogen) atoms. The first-order valence-corrected chi connectivity index (χ1v) is 11.5. The van der Waals surface area contributed by atoms with Crippen LogP contribution in [-0.4, -0.2) is 64.4 Å². The van der Waals surface area contributed by atoms with E-state index >= 15 is 0 Å². The summed E-state index contributed by atoms with van der Waals surface area (Å²) < 4.78 is 7.00. The van der Waals surface area contributed by atoms with Crippen LogP contribution in [0.2, 0.25) is 0 Å². The number of nitrogens with zero attached hydrogens (tertiary/aromatic N) is 5. The van der Waals surface area contributed by atoms with E-state index in [1.54, 1.807) is 0 Å². The standard InChI is InChI=1S/C23H34N6O3/c1-5-27(6-2)14-8-9-17(4)24-21(30)20-22(31)29-16-15-28(23(29)26-25-20)18-10-12-19(13-11-18)32-7-3/h10-13,17H,5-9,14-16H2,1-4H3,(H,24,30)/t17-/m0/s1. The number of carbonyl (C=O) groups is 1. The Morgan fingerprint density at radius 2 is 1.88 bits per heavy atom. The fourth-order valence-corrected chi connectivity index (χ4v) is 3.91. The van der Waals surface area contributed by atoms with E-state index in [1.165, 1.54) is 4.57 Å². The molecule has 3 rings (SSSR count). The highest BCUT2D eigenvalue weighted by atomic mass is 16.5. The summed E-state index contributed by atoms with van der Waals surface area (Å²) in [5.41, 5.74) is 0.335. The molecule has 0 spiro atoms. The zero-order valence-electron chi connectivity index (χ0n) is 19.5. The molecule has 174 valence electrons. The van der Waals surface area contributed by atoms with Crippen LogP contribution in [0.3, 0.4) is 0 Å². The molecule has 1 N–H and O–H groups in total. The van der Waals surface area contributed by atoms with Crippen LogP contribution in [0.15, 0.2) is 29.1 Å². The minimum atomic E-state index is -0.465. The van der Waals surface area contributed by atoms with Crippen LogP contribution in [0.25, 0.3) is 0 Å². The zero-order valence-corrected chi connectivity index (χ0v) is 19.5. The molecule has 0 radical (unpaired) electrons. The molecule has 0 unspecified atom stereocenters. The number of hydrogen-bond donors (Lipinski definition) is 1. The number of aromatic nitrogens is 3. The van der Waals surface area contributed by atoms with Crippen LogP contribution in [0.5, 0.6) is 5.75 Å². The molecular formula is C23H34N6O3. The van der Waals surface area contributed by atoms with E-state index in [0.29, 0.717) is 25.6 Å². The Kier molecular flexibility index (Phi) is 8.21. The van der Waals surface area contributed by atoms with E-state index in [0.717, 1.165) is 43.9 Å². The minimum Gasteiger partial charge on any atom is -0.494 e. The van der Waals surface area contributed by atoms with Crippen LogP contribution in [0, 0.1) is 0 Å². The molecule has 2 heterocycles. The zero-order chi connectivity index (χ0) is 23.1. The van der Waals surface area contributed by atoms with Gasteiger partial charge in [0.25, 0.3) is 11.5 Å². The maximum atomic E-state index is 12.9. The van der Waals surface area contributed by atoms with Gasteiger partial charge in [-0.3, -0.25) is 14.2 Å². The van der Waals surface area contributed by atoms with Crippen LogP contribution in [0.4, 0.5) is 11.6 Å². The lowest BCUT2D eigenvalue weighted by Gasteiger charge is -2.19. The van der Waals surface area contributed by atoms with Crippen molar-refractivity contribution < 1.29 is 9.53 Å². The highest BCUT2D eigenvalue weighted by Gasteiger charge is 2.27. The maximum Gasteiger partial charge on any atom is 0.286 e. The summed E-state index contributed by atoms with van der Waals surface area (Å²) in [4.78, 5) is 29.9. The van der Waals surface area contributed by atoms with Crippen LogP contribution >= 0.6 is 0 Å². The van der Waals surface area contributed by atoms with E-state index in [9.17, 15) is 9.59 Å². The monoisotopic (exact) mass is 442 g/mol. The first kappa shape index (κ1) is 23.7. The molecule has 1 aromatic heterocycles. The average Bonchev–Trinajstić information content (AvgIpc) is 3.23. The Hall–Kier alpha value is -2.94. The molecule has 0 bridgehead atoms. The fraction of sp³-hybridized carbons (Fsp3) is 0.565.